The van der Waals surface area contributed by atoms with E-state index in [9.17, 15) is 18.0 Å². The number of hydrogen-bond donors (Lipinski definition) is 1. The van der Waals surface area contributed by atoms with Gasteiger partial charge in [-0.15, -0.1) is 0 Å². The SMILES string of the molecule is Cc1cc(C(=O)N/N=C\c2ccc(F)c(F)c2)c(C)n1-c1ccc(F)cc1. The van der Waals surface area contributed by atoms with Gasteiger partial charge in [0.2, 0.25) is 0 Å². The highest BCUT2D eigenvalue weighted by molar-refractivity contribution is 5.96. The summed E-state index contributed by atoms with van der Waals surface area (Å²) in [5.41, 5.74) is 5.28. The summed E-state index contributed by atoms with van der Waals surface area (Å²) < 4.78 is 41.0. The van der Waals surface area contributed by atoms with Crippen LogP contribution < -0.4 is 5.43 Å². The molecule has 0 saturated carbocycles. The highest BCUT2D eigenvalue weighted by atomic mass is 19.2. The van der Waals surface area contributed by atoms with E-state index in [1.54, 1.807) is 25.1 Å². The van der Waals surface area contributed by atoms with Gasteiger partial charge in [-0.2, -0.15) is 5.10 Å². The largest absolute Gasteiger partial charge is 0.318 e. The summed E-state index contributed by atoms with van der Waals surface area (Å²) in [7, 11) is 0. The summed E-state index contributed by atoms with van der Waals surface area (Å²) in [5.74, 6) is -2.74. The third-order valence-electron chi connectivity index (χ3n) is 4.08. The highest BCUT2D eigenvalue weighted by Crippen LogP contribution is 2.21. The molecule has 0 spiro atoms. The maximum Gasteiger partial charge on any atom is 0.273 e. The quantitative estimate of drug-likeness (QED) is 0.540. The highest BCUT2D eigenvalue weighted by Gasteiger charge is 2.16. The molecule has 138 valence electrons. The maximum atomic E-state index is 13.2. The first-order valence-corrected chi connectivity index (χ1v) is 8.10. The van der Waals surface area contributed by atoms with Crippen molar-refractivity contribution in [2.45, 2.75) is 13.8 Å². The molecule has 0 atom stereocenters. The van der Waals surface area contributed by atoms with Crippen molar-refractivity contribution in [2.75, 3.05) is 0 Å². The molecule has 7 heteroatoms. The van der Waals surface area contributed by atoms with Gasteiger partial charge in [-0.1, -0.05) is 6.07 Å². The molecule has 0 fully saturated rings. The smallest absolute Gasteiger partial charge is 0.273 e. The molecule has 0 aliphatic heterocycles. The Labute approximate surface area is 153 Å². The molecule has 0 aliphatic rings. The lowest BCUT2D eigenvalue weighted by Crippen LogP contribution is -2.18. The van der Waals surface area contributed by atoms with Crippen LogP contribution in [0.4, 0.5) is 13.2 Å². The Morgan fingerprint density at radius 3 is 2.37 bits per heavy atom. The number of carbonyl (C=O) groups excluding carboxylic acids is 1. The van der Waals surface area contributed by atoms with Gasteiger partial charge in [0.15, 0.2) is 11.6 Å². The molecular formula is C20H16F3N3O. The van der Waals surface area contributed by atoms with Gasteiger partial charge in [0.25, 0.3) is 5.91 Å². The van der Waals surface area contributed by atoms with Gasteiger partial charge < -0.3 is 4.57 Å². The van der Waals surface area contributed by atoms with Gasteiger partial charge in [0.1, 0.15) is 5.82 Å². The van der Waals surface area contributed by atoms with E-state index in [0.29, 0.717) is 16.8 Å². The van der Waals surface area contributed by atoms with Crippen molar-refractivity contribution in [1.82, 2.24) is 9.99 Å². The molecule has 2 aromatic carbocycles. The van der Waals surface area contributed by atoms with Crippen LogP contribution in [0.5, 0.6) is 0 Å². The second-order valence-corrected chi connectivity index (χ2v) is 5.97. The summed E-state index contributed by atoms with van der Waals surface area (Å²) in [6.07, 6.45) is 1.22. The summed E-state index contributed by atoms with van der Waals surface area (Å²) in [4.78, 5) is 12.4. The van der Waals surface area contributed by atoms with E-state index in [1.807, 2.05) is 11.5 Å². The normalized spacial score (nSPS) is 11.1. The predicted molar refractivity (Wildman–Crippen MR) is 96.6 cm³/mol. The van der Waals surface area contributed by atoms with E-state index in [0.717, 1.165) is 23.5 Å². The van der Waals surface area contributed by atoms with Gasteiger partial charge in [0.05, 0.1) is 11.8 Å². The molecule has 0 unspecified atom stereocenters. The minimum atomic E-state index is -0.992. The summed E-state index contributed by atoms with van der Waals surface area (Å²) in [6, 6.07) is 10.9. The van der Waals surface area contributed by atoms with Crippen LogP contribution in [-0.2, 0) is 0 Å². The van der Waals surface area contributed by atoms with Gasteiger partial charge in [-0.05, 0) is 61.9 Å². The molecule has 4 nitrogen and oxygen atoms in total. The number of carbonyl (C=O) groups is 1. The number of aryl methyl sites for hydroxylation is 1. The fourth-order valence-corrected chi connectivity index (χ4v) is 2.80. The molecule has 0 saturated heterocycles. The van der Waals surface area contributed by atoms with Crippen LogP contribution in [-0.4, -0.2) is 16.7 Å². The maximum absolute atomic E-state index is 13.2. The molecule has 0 bridgehead atoms. The molecule has 1 heterocycles. The van der Waals surface area contributed by atoms with Crippen LogP contribution in [0.1, 0.15) is 27.3 Å². The molecule has 1 aromatic heterocycles. The average molecular weight is 371 g/mol. The average Bonchev–Trinajstić information content (AvgIpc) is 2.93. The molecule has 0 aliphatic carbocycles. The molecular weight excluding hydrogens is 355 g/mol. The molecule has 3 rings (SSSR count). The number of amides is 1. The van der Waals surface area contributed by atoms with E-state index in [-0.39, 0.29) is 5.82 Å². The van der Waals surface area contributed by atoms with Crippen molar-refractivity contribution >= 4 is 12.1 Å². The summed E-state index contributed by atoms with van der Waals surface area (Å²) >= 11 is 0. The number of hydrazone groups is 1. The Balaban J connectivity index is 1.79. The number of halogens is 3. The fourth-order valence-electron chi connectivity index (χ4n) is 2.80. The number of nitrogens with one attached hydrogen (secondary N) is 1. The van der Waals surface area contributed by atoms with E-state index < -0.39 is 17.5 Å². The van der Waals surface area contributed by atoms with E-state index in [4.69, 9.17) is 0 Å². The fraction of sp³-hybridized carbons (Fsp3) is 0.100. The Bertz CT molecular complexity index is 1020. The van der Waals surface area contributed by atoms with Crippen LogP contribution >= 0.6 is 0 Å². The third kappa shape index (κ3) is 3.92. The van der Waals surface area contributed by atoms with Gasteiger partial charge in [0, 0.05) is 17.1 Å². The van der Waals surface area contributed by atoms with Crippen LogP contribution in [0, 0.1) is 31.3 Å². The minimum Gasteiger partial charge on any atom is -0.318 e. The standard InChI is InChI=1S/C20H16F3N3O/c1-12-9-17(13(2)26(12)16-6-4-15(21)5-7-16)20(27)25-24-11-14-3-8-18(22)19(23)10-14/h3-11H,1-2H3,(H,25,27)/b24-11-. The predicted octanol–water partition coefficient (Wildman–Crippen LogP) is 4.28. The van der Waals surface area contributed by atoms with E-state index in [1.165, 1.54) is 24.4 Å². The molecule has 3 aromatic rings. The monoisotopic (exact) mass is 371 g/mol. The van der Waals surface area contributed by atoms with Crippen LogP contribution in [0.3, 0.4) is 0 Å². The zero-order valence-electron chi connectivity index (χ0n) is 14.6. The molecule has 1 N–H and O–H groups in total. The number of nitrogens with zero attached hydrogens (tertiary/aromatic N) is 2. The van der Waals surface area contributed by atoms with Crippen LogP contribution in [0.25, 0.3) is 5.69 Å². The van der Waals surface area contributed by atoms with Gasteiger partial charge in [-0.3, -0.25) is 4.79 Å². The van der Waals surface area contributed by atoms with Crippen molar-refractivity contribution in [3.63, 3.8) is 0 Å². The van der Waals surface area contributed by atoms with E-state index >= 15 is 0 Å². The van der Waals surface area contributed by atoms with Crippen molar-refractivity contribution in [1.29, 1.82) is 0 Å². The Morgan fingerprint density at radius 2 is 1.70 bits per heavy atom. The first kappa shape index (κ1) is 18.4. The van der Waals surface area contributed by atoms with Gasteiger partial charge in [-0.25, -0.2) is 18.6 Å². The first-order chi connectivity index (χ1) is 12.9. The van der Waals surface area contributed by atoms with Crippen LogP contribution in [0.15, 0.2) is 53.6 Å². The van der Waals surface area contributed by atoms with Crippen molar-refractivity contribution < 1.29 is 18.0 Å². The lowest BCUT2D eigenvalue weighted by molar-refractivity contribution is 0.0954. The zero-order valence-corrected chi connectivity index (χ0v) is 14.6. The summed E-state index contributed by atoms with van der Waals surface area (Å²) in [6.45, 7) is 3.60. The Kier molecular flexibility index (Phi) is 5.12. The Hall–Kier alpha value is -3.35. The number of aromatic nitrogens is 1. The Morgan fingerprint density at radius 1 is 1.00 bits per heavy atom. The summed E-state index contributed by atoms with van der Waals surface area (Å²) in [5, 5.41) is 3.78. The lowest BCUT2D eigenvalue weighted by atomic mass is 10.2. The van der Waals surface area contributed by atoms with Crippen molar-refractivity contribution in [3.05, 3.63) is 88.5 Å². The van der Waals surface area contributed by atoms with Gasteiger partial charge >= 0.3 is 0 Å². The number of rotatable bonds is 4. The number of hydrogen-bond acceptors (Lipinski definition) is 2. The molecule has 0 radical (unpaired) electrons. The van der Waals surface area contributed by atoms with Crippen LogP contribution in [0.2, 0.25) is 0 Å². The van der Waals surface area contributed by atoms with Crippen molar-refractivity contribution in [3.8, 4) is 5.69 Å². The van der Waals surface area contributed by atoms with E-state index in [2.05, 4.69) is 10.5 Å². The van der Waals surface area contributed by atoms with Crippen molar-refractivity contribution in [2.24, 2.45) is 5.10 Å². The second kappa shape index (κ2) is 7.49. The lowest BCUT2D eigenvalue weighted by Gasteiger charge is -2.09. The molecule has 27 heavy (non-hydrogen) atoms. The second-order valence-electron chi connectivity index (χ2n) is 5.97. The third-order valence-corrected chi connectivity index (χ3v) is 4.08. The topological polar surface area (TPSA) is 46.4 Å². The molecule has 1 amide bonds. The number of benzene rings is 2. The zero-order chi connectivity index (χ0) is 19.6. The minimum absolute atomic E-state index is 0.311. The first-order valence-electron chi connectivity index (χ1n) is 8.10.